The van der Waals surface area contributed by atoms with Gasteiger partial charge in [0.05, 0.1) is 16.3 Å². The molecule has 0 saturated carbocycles. The lowest BCUT2D eigenvalue weighted by Gasteiger charge is -2.15. The lowest BCUT2D eigenvalue weighted by molar-refractivity contribution is -0.123. The molecule has 0 spiro atoms. The van der Waals surface area contributed by atoms with Crippen LogP contribution in [-0.4, -0.2) is 18.0 Å². The lowest BCUT2D eigenvalue weighted by Crippen LogP contribution is -2.30. The van der Waals surface area contributed by atoms with E-state index in [1.165, 1.54) is 19.1 Å². The Bertz CT molecular complexity index is 796. The summed E-state index contributed by atoms with van der Waals surface area (Å²) in [6, 6.07) is 9.32. The van der Waals surface area contributed by atoms with Crippen LogP contribution in [0.1, 0.15) is 17.3 Å². The van der Waals surface area contributed by atoms with Crippen molar-refractivity contribution in [1.82, 2.24) is 0 Å². The molecule has 2 aromatic rings. The topological polar surface area (TPSA) is 81.4 Å². The zero-order valence-electron chi connectivity index (χ0n) is 12.5. The molecule has 5 nitrogen and oxygen atoms in total. The fourth-order valence-electron chi connectivity index (χ4n) is 1.84. The molecule has 0 aliphatic heterocycles. The molecule has 0 aliphatic rings. The molecule has 0 bridgehead atoms. The lowest BCUT2D eigenvalue weighted by atomic mass is 10.2. The number of ether oxygens (including phenoxy) is 1. The second-order valence-corrected chi connectivity index (χ2v) is 6.18. The molecule has 1 atom stereocenters. The minimum atomic E-state index is -1.06. The molecule has 0 fully saturated rings. The van der Waals surface area contributed by atoms with E-state index < -0.39 is 18.0 Å². The Balaban J connectivity index is 2.07. The summed E-state index contributed by atoms with van der Waals surface area (Å²) in [5, 5.41) is 3.43. The number of nitrogens with two attached hydrogens (primary N) is 1. The number of amides is 1. The number of nitrogens with one attached hydrogen (secondary N) is 1. The number of rotatable bonds is 4. The second kappa shape index (κ2) is 7.75. The van der Waals surface area contributed by atoms with Crippen molar-refractivity contribution < 1.29 is 14.3 Å². The zero-order chi connectivity index (χ0) is 17.9. The maximum atomic E-state index is 12.2. The van der Waals surface area contributed by atoms with Gasteiger partial charge in [-0.3, -0.25) is 4.79 Å². The number of carbonyl (C=O) groups is 2. The molecular formula is C16H13Cl3N2O3. The third-order valence-corrected chi connectivity index (χ3v) is 3.83. The molecule has 0 aliphatic carbocycles. The Morgan fingerprint density at radius 3 is 2.50 bits per heavy atom. The standard InChI is InChI=1S/C16H13Cl3N2O3/c1-8(15(22)21-11-4-2-3-9(17)5-11)24-16(23)12-6-10(18)7-13(19)14(12)20/h2-8H,20H2,1H3,(H,21,22)/t8-/m1/s1. The van der Waals surface area contributed by atoms with Gasteiger partial charge in [0.15, 0.2) is 6.10 Å². The smallest absolute Gasteiger partial charge is 0.341 e. The highest BCUT2D eigenvalue weighted by Gasteiger charge is 2.22. The Morgan fingerprint density at radius 2 is 1.83 bits per heavy atom. The molecule has 0 aromatic heterocycles. The van der Waals surface area contributed by atoms with Gasteiger partial charge in [0.1, 0.15) is 0 Å². The van der Waals surface area contributed by atoms with Crippen LogP contribution >= 0.6 is 34.8 Å². The van der Waals surface area contributed by atoms with Gasteiger partial charge in [0.2, 0.25) is 0 Å². The van der Waals surface area contributed by atoms with E-state index >= 15 is 0 Å². The van der Waals surface area contributed by atoms with Gasteiger partial charge in [0, 0.05) is 15.7 Å². The molecule has 1 amide bonds. The maximum absolute atomic E-state index is 12.2. The minimum absolute atomic E-state index is 0.00472. The highest BCUT2D eigenvalue weighted by Crippen LogP contribution is 2.28. The van der Waals surface area contributed by atoms with Gasteiger partial charge >= 0.3 is 5.97 Å². The molecule has 126 valence electrons. The Kier molecular flexibility index (Phi) is 5.94. The van der Waals surface area contributed by atoms with Crippen molar-refractivity contribution in [2.45, 2.75) is 13.0 Å². The van der Waals surface area contributed by atoms with E-state index in [1.807, 2.05) is 0 Å². The third-order valence-electron chi connectivity index (χ3n) is 3.06. The monoisotopic (exact) mass is 386 g/mol. The van der Waals surface area contributed by atoms with Crippen LogP contribution in [-0.2, 0) is 9.53 Å². The first kappa shape index (κ1) is 18.4. The van der Waals surface area contributed by atoms with E-state index in [0.717, 1.165) is 0 Å². The summed E-state index contributed by atoms with van der Waals surface area (Å²) in [6.07, 6.45) is -1.06. The molecule has 0 radical (unpaired) electrons. The molecule has 0 heterocycles. The largest absolute Gasteiger partial charge is 0.449 e. The van der Waals surface area contributed by atoms with Gasteiger partial charge < -0.3 is 15.8 Å². The summed E-state index contributed by atoms with van der Waals surface area (Å²) < 4.78 is 5.11. The summed E-state index contributed by atoms with van der Waals surface area (Å²) in [4.78, 5) is 24.3. The predicted molar refractivity (Wildman–Crippen MR) is 95.8 cm³/mol. The molecule has 2 aromatic carbocycles. The van der Waals surface area contributed by atoms with Gasteiger partial charge in [-0.15, -0.1) is 0 Å². The number of hydrogen-bond acceptors (Lipinski definition) is 4. The number of carbonyl (C=O) groups excluding carboxylic acids is 2. The summed E-state index contributed by atoms with van der Waals surface area (Å²) in [6.45, 7) is 1.43. The SMILES string of the molecule is C[C@@H](OC(=O)c1cc(Cl)cc(Cl)c1N)C(=O)Nc1cccc(Cl)c1. The van der Waals surface area contributed by atoms with Crippen LogP contribution in [0.5, 0.6) is 0 Å². The van der Waals surface area contributed by atoms with Crippen molar-refractivity contribution in [3.8, 4) is 0 Å². The van der Waals surface area contributed by atoms with Gasteiger partial charge in [-0.25, -0.2) is 4.79 Å². The average molecular weight is 388 g/mol. The van der Waals surface area contributed by atoms with Crippen molar-refractivity contribution in [2.24, 2.45) is 0 Å². The Morgan fingerprint density at radius 1 is 1.12 bits per heavy atom. The maximum Gasteiger partial charge on any atom is 0.341 e. The highest BCUT2D eigenvalue weighted by atomic mass is 35.5. The van der Waals surface area contributed by atoms with E-state index in [-0.39, 0.29) is 21.3 Å². The van der Waals surface area contributed by atoms with Crippen molar-refractivity contribution in [3.63, 3.8) is 0 Å². The summed E-state index contributed by atoms with van der Waals surface area (Å²) in [7, 11) is 0. The van der Waals surface area contributed by atoms with Crippen LogP contribution in [0.4, 0.5) is 11.4 Å². The number of anilines is 2. The molecule has 8 heteroatoms. The van der Waals surface area contributed by atoms with Gasteiger partial charge in [0.25, 0.3) is 5.91 Å². The minimum Gasteiger partial charge on any atom is -0.449 e. The van der Waals surface area contributed by atoms with Crippen LogP contribution in [0.2, 0.25) is 15.1 Å². The number of nitrogen functional groups attached to an aromatic ring is 1. The van der Waals surface area contributed by atoms with Crippen molar-refractivity contribution in [2.75, 3.05) is 11.1 Å². The molecule has 0 unspecified atom stereocenters. The van der Waals surface area contributed by atoms with E-state index in [0.29, 0.717) is 10.7 Å². The molecule has 0 saturated heterocycles. The van der Waals surface area contributed by atoms with Crippen LogP contribution in [0.15, 0.2) is 36.4 Å². The van der Waals surface area contributed by atoms with Crippen molar-refractivity contribution in [1.29, 1.82) is 0 Å². The Hall–Kier alpha value is -1.95. The predicted octanol–water partition coefficient (Wildman–Crippen LogP) is 4.41. The van der Waals surface area contributed by atoms with Gasteiger partial charge in [-0.05, 0) is 37.3 Å². The molecule has 24 heavy (non-hydrogen) atoms. The van der Waals surface area contributed by atoms with E-state index in [2.05, 4.69) is 5.32 Å². The van der Waals surface area contributed by atoms with Gasteiger partial charge in [-0.1, -0.05) is 40.9 Å². The fraction of sp³-hybridized carbons (Fsp3) is 0.125. The first-order valence-electron chi connectivity index (χ1n) is 6.80. The van der Waals surface area contributed by atoms with E-state index in [9.17, 15) is 9.59 Å². The van der Waals surface area contributed by atoms with Gasteiger partial charge in [-0.2, -0.15) is 0 Å². The number of halogens is 3. The molecule has 3 N–H and O–H groups in total. The molecule has 2 rings (SSSR count). The average Bonchev–Trinajstić information content (AvgIpc) is 2.50. The summed E-state index contributed by atoms with van der Waals surface area (Å²) in [5.74, 6) is -1.32. The van der Waals surface area contributed by atoms with Crippen LogP contribution in [0, 0.1) is 0 Å². The highest BCUT2D eigenvalue weighted by molar-refractivity contribution is 6.37. The van der Waals surface area contributed by atoms with Crippen LogP contribution in [0.25, 0.3) is 0 Å². The third kappa shape index (κ3) is 4.54. The van der Waals surface area contributed by atoms with E-state index in [1.54, 1.807) is 24.3 Å². The van der Waals surface area contributed by atoms with Crippen molar-refractivity contribution >= 4 is 58.1 Å². The number of benzene rings is 2. The van der Waals surface area contributed by atoms with E-state index in [4.69, 9.17) is 45.3 Å². The first-order chi connectivity index (χ1) is 11.3. The number of hydrogen-bond donors (Lipinski definition) is 2. The Labute approximate surface area is 153 Å². The molecular weight excluding hydrogens is 375 g/mol. The first-order valence-corrected chi connectivity index (χ1v) is 7.93. The quantitative estimate of drug-likeness (QED) is 0.601. The van der Waals surface area contributed by atoms with Crippen molar-refractivity contribution in [3.05, 3.63) is 57.0 Å². The fourth-order valence-corrected chi connectivity index (χ4v) is 2.53. The van der Waals surface area contributed by atoms with Crippen LogP contribution in [0.3, 0.4) is 0 Å². The van der Waals surface area contributed by atoms with Crippen LogP contribution < -0.4 is 11.1 Å². The second-order valence-electron chi connectivity index (χ2n) is 4.90. The normalized spacial score (nSPS) is 11.7. The summed E-state index contributed by atoms with van der Waals surface area (Å²) >= 11 is 17.6. The zero-order valence-corrected chi connectivity index (χ0v) is 14.7. The summed E-state index contributed by atoms with van der Waals surface area (Å²) in [5.41, 5.74) is 6.26. The number of esters is 1.